The zero-order chi connectivity index (χ0) is 20.0. The lowest BCUT2D eigenvalue weighted by Gasteiger charge is -2.44. The van der Waals surface area contributed by atoms with Gasteiger partial charge in [-0.25, -0.2) is 0 Å². The zero-order valence-electron chi connectivity index (χ0n) is 18.2. The summed E-state index contributed by atoms with van der Waals surface area (Å²) in [5, 5.41) is 0. The third-order valence-electron chi connectivity index (χ3n) is 5.45. The molecule has 3 nitrogen and oxygen atoms in total. The molecule has 26 heavy (non-hydrogen) atoms. The van der Waals surface area contributed by atoms with Crippen LogP contribution in [0.5, 0.6) is 0 Å². The van der Waals surface area contributed by atoms with Gasteiger partial charge < -0.3 is 13.9 Å². The maximum Gasteiger partial charge on any atom is 0.201 e. The van der Waals surface area contributed by atoms with Crippen LogP contribution < -0.4 is 0 Å². The van der Waals surface area contributed by atoms with Gasteiger partial charge >= 0.3 is 0 Å². The van der Waals surface area contributed by atoms with Gasteiger partial charge in [0.25, 0.3) is 0 Å². The van der Waals surface area contributed by atoms with Crippen molar-refractivity contribution in [2.24, 2.45) is 5.92 Å². The topological polar surface area (TPSA) is 27.7 Å². The molecule has 1 unspecified atom stereocenters. The molecule has 1 saturated heterocycles. The zero-order valence-corrected chi connectivity index (χ0v) is 19.2. The van der Waals surface area contributed by atoms with Gasteiger partial charge in [0.15, 0.2) is 5.79 Å². The van der Waals surface area contributed by atoms with Gasteiger partial charge in [-0.05, 0) is 36.9 Å². The Morgan fingerprint density at radius 3 is 2.00 bits per heavy atom. The van der Waals surface area contributed by atoms with Crippen LogP contribution in [0.1, 0.15) is 68.2 Å². The highest BCUT2D eigenvalue weighted by atomic mass is 28.4. The summed E-state index contributed by atoms with van der Waals surface area (Å²) in [6.07, 6.45) is 3.76. The average molecular weight is 381 g/mol. The molecule has 1 fully saturated rings. The summed E-state index contributed by atoms with van der Waals surface area (Å²) >= 11 is 0. The Balaban J connectivity index is 2.62. The van der Waals surface area contributed by atoms with Crippen molar-refractivity contribution in [3.05, 3.63) is 12.7 Å². The summed E-state index contributed by atoms with van der Waals surface area (Å²) in [5.41, 5.74) is 1.74. The van der Waals surface area contributed by atoms with E-state index in [1.807, 2.05) is 19.9 Å². The molecule has 0 N–H and O–H groups in total. The number of rotatable bonds is 8. The first-order chi connectivity index (χ1) is 12.0. The fourth-order valence-electron chi connectivity index (χ4n) is 4.10. The molecule has 0 aromatic rings. The van der Waals surface area contributed by atoms with Crippen molar-refractivity contribution in [3.63, 3.8) is 0 Å². The molecule has 0 saturated carbocycles. The smallest absolute Gasteiger partial charge is 0.201 e. The van der Waals surface area contributed by atoms with E-state index >= 15 is 0 Å². The minimum atomic E-state index is -1.88. The molecule has 0 bridgehead atoms. The molecule has 0 spiro atoms. The third-order valence-corrected chi connectivity index (χ3v) is 11.6. The Bertz CT molecular complexity index is 467. The molecule has 0 aliphatic carbocycles. The van der Waals surface area contributed by atoms with Crippen LogP contribution in [0, 0.1) is 17.8 Å². The molecule has 0 aromatic heterocycles. The Hall–Kier alpha value is -0.603. The number of hydrogen-bond donors (Lipinski definition) is 0. The van der Waals surface area contributed by atoms with E-state index in [0.717, 1.165) is 12.8 Å². The maximum absolute atomic E-state index is 6.79. The molecule has 1 rings (SSSR count). The van der Waals surface area contributed by atoms with Crippen LogP contribution in [0.4, 0.5) is 0 Å². The number of hydrogen-bond acceptors (Lipinski definition) is 3. The molecule has 4 heteroatoms. The minimum Gasteiger partial charge on any atom is -0.410 e. The minimum absolute atomic E-state index is 0.0842. The van der Waals surface area contributed by atoms with Crippen LogP contribution >= 0.6 is 0 Å². The van der Waals surface area contributed by atoms with Gasteiger partial charge in [-0.1, -0.05) is 53.5 Å². The van der Waals surface area contributed by atoms with E-state index < -0.39 is 14.1 Å². The molecule has 0 radical (unpaired) electrons. The van der Waals surface area contributed by atoms with Crippen LogP contribution in [-0.2, 0) is 13.9 Å². The summed E-state index contributed by atoms with van der Waals surface area (Å²) in [7, 11) is -1.88. The summed E-state index contributed by atoms with van der Waals surface area (Å²) < 4.78 is 18.1. The van der Waals surface area contributed by atoms with Crippen molar-refractivity contribution in [1.82, 2.24) is 0 Å². The van der Waals surface area contributed by atoms with Gasteiger partial charge in [-0.2, -0.15) is 0 Å². The lowest BCUT2D eigenvalue weighted by Crippen LogP contribution is -2.49. The standard InChI is InChI=1S/C22H40O3Si/c1-10-21(25-26(17(2)3,18(4)5)19(6)7)14-12-11-13-20-15-23-22(8,9)24-16-20/h10,17-21H,1,12,14-16H2,2-9H3. The SMILES string of the molecule is C=CC(CCC#CC1COC(C)(C)OC1)O[Si](C(C)C)(C(C)C)C(C)C. The monoisotopic (exact) mass is 380 g/mol. The molecule has 1 heterocycles. The Morgan fingerprint density at radius 2 is 1.58 bits per heavy atom. The molecule has 0 amide bonds. The van der Waals surface area contributed by atoms with E-state index in [2.05, 4.69) is 60.0 Å². The van der Waals surface area contributed by atoms with Gasteiger partial charge in [-0.3, -0.25) is 0 Å². The van der Waals surface area contributed by atoms with E-state index in [4.69, 9.17) is 13.9 Å². The van der Waals surface area contributed by atoms with E-state index in [0.29, 0.717) is 29.8 Å². The van der Waals surface area contributed by atoms with E-state index in [1.165, 1.54) is 0 Å². The van der Waals surface area contributed by atoms with Gasteiger partial charge in [0, 0.05) is 6.42 Å². The second-order valence-electron chi connectivity index (χ2n) is 8.79. The average Bonchev–Trinajstić information content (AvgIpc) is 2.54. The van der Waals surface area contributed by atoms with Crippen LogP contribution in [-0.4, -0.2) is 33.4 Å². The first kappa shape index (κ1) is 23.4. The van der Waals surface area contributed by atoms with Crippen molar-refractivity contribution < 1.29 is 13.9 Å². The van der Waals surface area contributed by atoms with Crippen molar-refractivity contribution in [1.29, 1.82) is 0 Å². The lowest BCUT2D eigenvalue weighted by molar-refractivity contribution is -0.254. The first-order valence-electron chi connectivity index (χ1n) is 10.1. The largest absolute Gasteiger partial charge is 0.410 e. The van der Waals surface area contributed by atoms with Crippen LogP contribution in [0.25, 0.3) is 0 Å². The fraction of sp³-hybridized carbons (Fsp3) is 0.818. The Kier molecular flexibility index (Phi) is 9.09. The van der Waals surface area contributed by atoms with Gasteiger partial charge in [0.1, 0.15) is 0 Å². The predicted molar refractivity (Wildman–Crippen MR) is 113 cm³/mol. The van der Waals surface area contributed by atoms with Gasteiger partial charge in [0.2, 0.25) is 8.32 Å². The lowest BCUT2D eigenvalue weighted by atomic mass is 10.1. The summed E-state index contributed by atoms with van der Waals surface area (Å²) in [5.74, 6) is 6.28. The van der Waals surface area contributed by atoms with Crippen molar-refractivity contribution in [3.8, 4) is 11.8 Å². The summed E-state index contributed by atoms with van der Waals surface area (Å²) in [6, 6.07) is 0. The summed E-state index contributed by atoms with van der Waals surface area (Å²) in [6.45, 7) is 23.1. The molecule has 1 atom stereocenters. The first-order valence-corrected chi connectivity index (χ1v) is 12.3. The Labute approximate surface area is 163 Å². The highest BCUT2D eigenvalue weighted by Gasteiger charge is 2.46. The van der Waals surface area contributed by atoms with E-state index in [-0.39, 0.29) is 12.0 Å². The molecule has 1 aliphatic rings. The molecular weight excluding hydrogens is 340 g/mol. The second kappa shape index (κ2) is 10.1. The van der Waals surface area contributed by atoms with Gasteiger partial charge in [0.05, 0.1) is 25.2 Å². The van der Waals surface area contributed by atoms with Crippen molar-refractivity contribution in [2.75, 3.05) is 13.2 Å². The highest BCUT2D eigenvalue weighted by Crippen LogP contribution is 2.43. The van der Waals surface area contributed by atoms with E-state index in [9.17, 15) is 0 Å². The maximum atomic E-state index is 6.79. The summed E-state index contributed by atoms with van der Waals surface area (Å²) in [4.78, 5) is 0. The van der Waals surface area contributed by atoms with Gasteiger partial charge in [-0.15, -0.1) is 12.5 Å². The highest BCUT2D eigenvalue weighted by molar-refractivity contribution is 6.77. The second-order valence-corrected chi connectivity index (χ2v) is 14.2. The van der Waals surface area contributed by atoms with Crippen LogP contribution in [0.15, 0.2) is 12.7 Å². The molecule has 1 aliphatic heterocycles. The molecule has 0 aromatic carbocycles. The van der Waals surface area contributed by atoms with Crippen molar-refractivity contribution >= 4 is 8.32 Å². The molecule has 150 valence electrons. The third kappa shape index (κ3) is 6.23. The van der Waals surface area contributed by atoms with Crippen molar-refractivity contribution in [2.45, 2.75) is 96.7 Å². The van der Waals surface area contributed by atoms with E-state index in [1.54, 1.807) is 0 Å². The Morgan fingerprint density at radius 1 is 1.08 bits per heavy atom. The quantitative estimate of drug-likeness (QED) is 0.297. The fourth-order valence-corrected chi connectivity index (χ4v) is 9.66. The van der Waals surface area contributed by atoms with Crippen LogP contribution in [0.3, 0.4) is 0 Å². The number of ether oxygens (including phenoxy) is 2. The van der Waals surface area contributed by atoms with Crippen LogP contribution in [0.2, 0.25) is 16.6 Å². The molecular formula is C22H40O3Si. The predicted octanol–water partition coefficient (Wildman–Crippen LogP) is 5.92. The normalized spacial score (nSPS) is 19.5.